The number of para-hydroxylation sites is 1. The van der Waals surface area contributed by atoms with Crippen LogP contribution < -0.4 is 20.5 Å². The summed E-state index contributed by atoms with van der Waals surface area (Å²) in [4.78, 5) is 27.6. The Morgan fingerprint density at radius 3 is 2.79 bits per heavy atom. The van der Waals surface area contributed by atoms with Crippen LogP contribution in [0.4, 0.5) is 5.95 Å². The Morgan fingerprint density at radius 1 is 1.21 bits per heavy atom. The van der Waals surface area contributed by atoms with Crippen molar-refractivity contribution in [3.05, 3.63) is 64.8 Å². The lowest BCUT2D eigenvalue weighted by Gasteiger charge is -2.35. The molecule has 3 heterocycles. The average Bonchev–Trinajstić information content (AvgIpc) is 2.76. The molecular weight excluding hydrogens is 392 g/mol. The smallest absolute Gasteiger partial charge is 0.255 e. The zero-order valence-electron chi connectivity index (χ0n) is 16.3. The number of benzene rings is 1. The summed E-state index contributed by atoms with van der Waals surface area (Å²) in [5.41, 5.74) is 2.15. The molecule has 1 aliphatic rings. The Balaban J connectivity index is 0.00000240. The van der Waals surface area contributed by atoms with Crippen LogP contribution in [0.1, 0.15) is 11.6 Å². The fraction of sp³-hybridized carbons (Fsp3) is 0.300. The van der Waals surface area contributed by atoms with E-state index in [-0.39, 0.29) is 24.0 Å². The molecule has 1 saturated heterocycles. The Kier molecular flexibility index (Phi) is 6.46. The molecule has 3 aromatic rings. The highest BCUT2D eigenvalue weighted by molar-refractivity contribution is 5.85. The Morgan fingerprint density at radius 2 is 2.03 bits per heavy atom. The number of methoxy groups -OCH3 is 1. The number of aromatic nitrogens is 4. The second-order valence-electron chi connectivity index (χ2n) is 6.63. The molecule has 1 unspecified atom stereocenters. The van der Waals surface area contributed by atoms with Gasteiger partial charge in [-0.25, -0.2) is 15.0 Å². The van der Waals surface area contributed by atoms with Gasteiger partial charge in [0.15, 0.2) is 0 Å². The Labute approximate surface area is 175 Å². The molecule has 29 heavy (non-hydrogen) atoms. The van der Waals surface area contributed by atoms with Crippen LogP contribution in [-0.4, -0.2) is 46.3 Å². The van der Waals surface area contributed by atoms with E-state index in [1.165, 1.54) is 12.4 Å². The average molecular weight is 415 g/mol. The van der Waals surface area contributed by atoms with Gasteiger partial charge in [0, 0.05) is 44.5 Å². The van der Waals surface area contributed by atoms with E-state index in [0.717, 1.165) is 24.4 Å². The van der Waals surface area contributed by atoms with Crippen molar-refractivity contribution in [3.63, 3.8) is 0 Å². The number of rotatable bonds is 4. The van der Waals surface area contributed by atoms with Gasteiger partial charge in [-0.15, -0.1) is 12.4 Å². The molecular formula is C20H23ClN6O2. The summed E-state index contributed by atoms with van der Waals surface area (Å²) in [6, 6.07) is 11.3. The zero-order valence-corrected chi connectivity index (χ0v) is 17.1. The van der Waals surface area contributed by atoms with Crippen molar-refractivity contribution in [2.24, 2.45) is 7.05 Å². The maximum absolute atomic E-state index is 12.5. The van der Waals surface area contributed by atoms with Crippen LogP contribution >= 0.6 is 12.4 Å². The second-order valence-corrected chi connectivity index (χ2v) is 6.63. The summed E-state index contributed by atoms with van der Waals surface area (Å²) >= 11 is 0. The molecule has 1 aromatic carbocycles. The van der Waals surface area contributed by atoms with Gasteiger partial charge in [0.05, 0.1) is 24.5 Å². The highest BCUT2D eigenvalue weighted by atomic mass is 35.5. The monoisotopic (exact) mass is 414 g/mol. The molecule has 1 aliphatic heterocycles. The second kappa shape index (κ2) is 9.02. The minimum absolute atomic E-state index is 0. The molecule has 0 aliphatic carbocycles. The summed E-state index contributed by atoms with van der Waals surface area (Å²) in [7, 11) is 3.42. The topological polar surface area (TPSA) is 85.2 Å². The van der Waals surface area contributed by atoms with E-state index in [0.29, 0.717) is 23.9 Å². The first-order chi connectivity index (χ1) is 13.7. The van der Waals surface area contributed by atoms with E-state index in [1.807, 2.05) is 18.2 Å². The Bertz CT molecular complexity index is 1030. The molecule has 1 fully saturated rings. The third-order valence-electron chi connectivity index (χ3n) is 4.93. The molecule has 0 saturated carbocycles. The van der Waals surface area contributed by atoms with Crippen LogP contribution in [0, 0.1) is 0 Å². The van der Waals surface area contributed by atoms with Crippen LogP contribution in [0.2, 0.25) is 0 Å². The lowest BCUT2D eigenvalue weighted by atomic mass is 10.0. The van der Waals surface area contributed by atoms with E-state index in [9.17, 15) is 4.79 Å². The van der Waals surface area contributed by atoms with E-state index in [4.69, 9.17) is 9.72 Å². The first-order valence-electron chi connectivity index (χ1n) is 9.13. The SMILES string of the molecule is COc1ccccc1C1CN(c2nc(-c3ccncn3)cc(=O)n2C)CCN1.Cl. The minimum atomic E-state index is -0.119. The van der Waals surface area contributed by atoms with Crippen molar-refractivity contribution < 1.29 is 4.74 Å². The summed E-state index contributed by atoms with van der Waals surface area (Å²) in [6.07, 6.45) is 3.10. The summed E-state index contributed by atoms with van der Waals surface area (Å²) in [5.74, 6) is 1.47. The molecule has 0 amide bonds. The molecule has 9 heteroatoms. The van der Waals surface area contributed by atoms with Crippen LogP contribution in [0.3, 0.4) is 0 Å². The maximum Gasteiger partial charge on any atom is 0.255 e. The van der Waals surface area contributed by atoms with E-state index >= 15 is 0 Å². The number of nitrogens with zero attached hydrogens (tertiary/aromatic N) is 5. The lowest BCUT2D eigenvalue weighted by Crippen LogP contribution is -2.47. The molecule has 152 valence electrons. The molecule has 4 rings (SSSR count). The third kappa shape index (κ3) is 4.23. The van der Waals surface area contributed by atoms with Crippen LogP contribution in [0.5, 0.6) is 5.75 Å². The van der Waals surface area contributed by atoms with Crippen molar-refractivity contribution in [1.82, 2.24) is 24.8 Å². The minimum Gasteiger partial charge on any atom is -0.496 e. The van der Waals surface area contributed by atoms with Crippen molar-refractivity contribution >= 4 is 18.4 Å². The first kappa shape index (κ1) is 20.8. The molecule has 8 nitrogen and oxygen atoms in total. The van der Waals surface area contributed by atoms with Gasteiger partial charge in [0.2, 0.25) is 5.95 Å². The predicted molar refractivity (Wildman–Crippen MR) is 114 cm³/mol. The number of anilines is 1. The van der Waals surface area contributed by atoms with Crippen LogP contribution in [-0.2, 0) is 7.05 Å². The van der Waals surface area contributed by atoms with Gasteiger partial charge in [0.25, 0.3) is 5.56 Å². The van der Waals surface area contributed by atoms with E-state index < -0.39 is 0 Å². The number of hydrogen-bond donors (Lipinski definition) is 1. The first-order valence-corrected chi connectivity index (χ1v) is 9.13. The number of hydrogen-bond acceptors (Lipinski definition) is 7. The van der Waals surface area contributed by atoms with Crippen molar-refractivity contribution in [2.75, 3.05) is 31.6 Å². The summed E-state index contributed by atoms with van der Waals surface area (Å²) < 4.78 is 7.09. The van der Waals surface area contributed by atoms with Gasteiger partial charge in [-0.3, -0.25) is 9.36 Å². The van der Waals surface area contributed by atoms with Crippen molar-refractivity contribution in [1.29, 1.82) is 0 Å². The van der Waals surface area contributed by atoms with Gasteiger partial charge in [0.1, 0.15) is 12.1 Å². The van der Waals surface area contributed by atoms with Gasteiger partial charge in [-0.1, -0.05) is 18.2 Å². The Hall–Kier alpha value is -2.97. The fourth-order valence-corrected chi connectivity index (χ4v) is 3.48. The third-order valence-corrected chi connectivity index (χ3v) is 4.93. The van der Waals surface area contributed by atoms with Crippen LogP contribution in [0.25, 0.3) is 11.4 Å². The number of piperazine rings is 1. The van der Waals surface area contributed by atoms with Crippen molar-refractivity contribution in [2.45, 2.75) is 6.04 Å². The molecule has 0 spiro atoms. The highest BCUT2D eigenvalue weighted by Crippen LogP contribution is 2.28. The predicted octanol–water partition coefficient (Wildman–Crippen LogP) is 1.82. The lowest BCUT2D eigenvalue weighted by molar-refractivity contribution is 0.390. The fourth-order valence-electron chi connectivity index (χ4n) is 3.48. The largest absolute Gasteiger partial charge is 0.496 e. The van der Waals surface area contributed by atoms with Gasteiger partial charge in [-0.2, -0.15) is 0 Å². The standard InChI is InChI=1S/C20H22N6O2.ClH/c1-25-19(27)11-16(15-7-8-21-13-23-15)24-20(25)26-10-9-22-17(12-26)14-5-3-4-6-18(14)28-2;/h3-8,11,13,17,22H,9-10,12H2,1-2H3;1H. The van der Waals surface area contributed by atoms with Gasteiger partial charge >= 0.3 is 0 Å². The highest BCUT2D eigenvalue weighted by Gasteiger charge is 2.26. The zero-order chi connectivity index (χ0) is 19.5. The summed E-state index contributed by atoms with van der Waals surface area (Å²) in [5, 5.41) is 3.53. The molecule has 1 atom stereocenters. The quantitative estimate of drug-likeness (QED) is 0.696. The van der Waals surface area contributed by atoms with Crippen molar-refractivity contribution in [3.8, 4) is 17.1 Å². The van der Waals surface area contributed by atoms with E-state index in [2.05, 4.69) is 26.3 Å². The molecule has 2 aromatic heterocycles. The number of ether oxygens (including phenoxy) is 1. The molecule has 0 bridgehead atoms. The summed E-state index contributed by atoms with van der Waals surface area (Å²) in [6.45, 7) is 2.20. The normalized spacial score (nSPS) is 16.2. The number of nitrogens with one attached hydrogen (secondary N) is 1. The van der Waals surface area contributed by atoms with Gasteiger partial charge in [-0.05, 0) is 12.1 Å². The maximum atomic E-state index is 12.5. The molecule has 0 radical (unpaired) electrons. The van der Waals surface area contributed by atoms with Crippen LogP contribution in [0.15, 0.2) is 53.7 Å². The number of halogens is 1. The van der Waals surface area contributed by atoms with E-state index in [1.54, 1.807) is 31.0 Å². The molecule has 1 N–H and O–H groups in total. The van der Waals surface area contributed by atoms with Gasteiger partial charge < -0.3 is 15.0 Å².